The van der Waals surface area contributed by atoms with E-state index in [9.17, 15) is 24.1 Å². The van der Waals surface area contributed by atoms with Crippen LogP contribution in [0.1, 0.15) is 74.5 Å². The Morgan fingerprint density at radius 3 is 2.02 bits per heavy atom. The van der Waals surface area contributed by atoms with Gasteiger partial charge in [-0.2, -0.15) is 4.98 Å². The van der Waals surface area contributed by atoms with Gasteiger partial charge in [0.15, 0.2) is 18.1 Å². The van der Waals surface area contributed by atoms with Gasteiger partial charge >= 0.3 is 25.3 Å². The zero-order valence-electron chi connectivity index (χ0n) is 26.7. The fraction of sp³-hybridized carbons (Fsp3) is 0.778. The minimum absolute atomic E-state index is 0.102. The molecule has 6 atom stereocenters. The monoisotopic (exact) mass is 650 g/mol. The lowest BCUT2D eigenvalue weighted by Crippen LogP contribution is -2.53. The summed E-state index contributed by atoms with van der Waals surface area (Å²) in [6, 6.07) is -1.19. The molecule has 1 aliphatic rings. The highest BCUT2D eigenvalue weighted by molar-refractivity contribution is 7.54. The van der Waals surface area contributed by atoms with Crippen molar-refractivity contribution in [1.82, 2.24) is 19.7 Å². The Labute approximate surface area is 257 Å². The molecule has 0 aromatic carbocycles. The number of nitrogens with one attached hydrogen (secondary N) is 2. The number of aromatic nitrogens is 2. The maximum Gasteiger partial charge on any atom is 0.351 e. The molecule has 1 aromatic heterocycles. The molecule has 1 fully saturated rings. The van der Waals surface area contributed by atoms with E-state index in [1.54, 1.807) is 0 Å². The van der Waals surface area contributed by atoms with Crippen LogP contribution in [0.15, 0.2) is 17.1 Å². The standard InChI is InChI=1S/C27H48FN6O9P/c1-16(22(36)40-13-10-25(3,4)5)32-44(39,33-17(2)23(37)41-14-11-26(6,7)8)42-15-27(30)20(28)19(35)21(43-27)34-12-9-18(29)31-24(34)38/h9,12,16-17,19-21,35H,10-11,13-15,30H2,1-8H3,(H2,29,31,38)(H2,32,33,39)/t16-,17-,19+,20-,21+,27+/m0/s1. The van der Waals surface area contributed by atoms with E-state index in [1.165, 1.54) is 19.9 Å². The first-order valence-electron chi connectivity index (χ1n) is 14.3. The predicted molar refractivity (Wildman–Crippen MR) is 160 cm³/mol. The van der Waals surface area contributed by atoms with Gasteiger partial charge < -0.3 is 29.6 Å². The van der Waals surface area contributed by atoms with Crippen LogP contribution in [0.25, 0.3) is 0 Å². The number of nitrogens with two attached hydrogens (primary N) is 2. The molecule has 15 nitrogen and oxygen atoms in total. The zero-order chi connectivity index (χ0) is 33.7. The molecule has 0 aliphatic carbocycles. The van der Waals surface area contributed by atoms with E-state index in [0.717, 1.165) is 10.8 Å². The minimum Gasteiger partial charge on any atom is -0.465 e. The summed E-state index contributed by atoms with van der Waals surface area (Å²) >= 11 is 0. The average molecular weight is 651 g/mol. The van der Waals surface area contributed by atoms with Crippen molar-refractivity contribution >= 4 is 25.4 Å². The van der Waals surface area contributed by atoms with E-state index in [0.29, 0.717) is 12.8 Å². The van der Waals surface area contributed by atoms with Gasteiger partial charge in [0.1, 0.15) is 30.6 Å². The minimum atomic E-state index is -4.43. The van der Waals surface area contributed by atoms with Crippen LogP contribution < -0.4 is 27.3 Å². The number of ether oxygens (including phenoxy) is 3. The molecule has 0 saturated carbocycles. The Bertz CT molecular complexity index is 1210. The van der Waals surface area contributed by atoms with Crippen LogP contribution in [0.5, 0.6) is 0 Å². The van der Waals surface area contributed by atoms with Crippen LogP contribution in [0.4, 0.5) is 10.2 Å². The molecule has 2 rings (SSSR count). The van der Waals surface area contributed by atoms with Gasteiger partial charge in [0.05, 0.1) is 13.2 Å². The van der Waals surface area contributed by atoms with Gasteiger partial charge in [-0.3, -0.25) is 24.5 Å². The molecule has 1 saturated heterocycles. The second kappa shape index (κ2) is 14.8. The smallest absolute Gasteiger partial charge is 0.351 e. The van der Waals surface area contributed by atoms with Crippen molar-refractivity contribution < 1.29 is 42.4 Å². The van der Waals surface area contributed by atoms with Crippen LogP contribution in [-0.4, -0.2) is 76.5 Å². The van der Waals surface area contributed by atoms with Crippen molar-refractivity contribution in [3.05, 3.63) is 22.7 Å². The number of aliphatic hydroxyl groups excluding tert-OH is 1. The number of nitrogens with zero attached hydrogens (tertiary/aromatic N) is 2. The molecule has 0 radical (unpaired) electrons. The Morgan fingerprint density at radius 1 is 1.11 bits per heavy atom. The van der Waals surface area contributed by atoms with Gasteiger partial charge in [0, 0.05) is 6.20 Å². The van der Waals surface area contributed by atoms with E-state index in [4.69, 9.17) is 30.2 Å². The zero-order valence-corrected chi connectivity index (χ0v) is 27.6. The number of halogens is 1. The molecular weight excluding hydrogens is 602 g/mol. The highest BCUT2D eigenvalue weighted by atomic mass is 31.2. The number of esters is 2. The number of carbonyl (C=O) groups excluding carboxylic acids is 2. The van der Waals surface area contributed by atoms with Crippen molar-refractivity contribution in [1.29, 1.82) is 0 Å². The van der Waals surface area contributed by atoms with Crippen molar-refractivity contribution in [3.63, 3.8) is 0 Å². The predicted octanol–water partition coefficient (Wildman–Crippen LogP) is 1.75. The number of hydrogen-bond acceptors (Lipinski definition) is 12. The van der Waals surface area contributed by atoms with E-state index < -0.39 is 68.2 Å². The van der Waals surface area contributed by atoms with Crippen molar-refractivity contribution in [2.24, 2.45) is 16.6 Å². The van der Waals surface area contributed by atoms with Gasteiger partial charge in [0.2, 0.25) is 0 Å². The topological polar surface area (TPSA) is 219 Å². The number of alkyl halides is 1. The van der Waals surface area contributed by atoms with Gasteiger partial charge in [0.25, 0.3) is 0 Å². The van der Waals surface area contributed by atoms with Crippen LogP contribution in [0.3, 0.4) is 0 Å². The summed E-state index contributed by atoms with van der Waals surface area (Å²) in [6.45, 7) is 13.8. The lowest BCUT2D eigenvalue weighted by molar-refractivity contribution is -0.146. The molecule has 0 unspecified atom stereocenters. The van der Waals surface area contributed by atoms with E-state index in [1.807, 2.05) is 41.5 Å². The SMILES string of the molecule is C[C@H](NP(=O)(N[C@@H](C)C(=O)OCCC(C)(C)C)OC[C@@]1(N)O[C@@H](n2ccc(N)nc2=O)[C@H](O)[C@@H]1F)C(=O)OCCC(C)(C)C. The number of rotatable bonds is 14. The Morgan fingerprint density at radius 2 is 1.59 bits per heavy atom. The molecule has 7 N–H and O–H groups in total. The maximum atomic E-state index is 15.3. The van der Waals surface area contributed by atoms with Crippen LogP contribution in [0, 0.1) is 10.8 Å². The largest absolute Gasteiger partial charge is 0.465 e. The Hall–Kier alpha value is -2.46. The van der Waals surface area contributed by atoms with E-state index in [-0.39, 0.29) is 29.9 Å². The Kier molecular flexibility index (Phi) is 12.7. The second-order valence-corrected chi connectivity index (χ2v) is 15.3. The van der Waals surface area contributed by atoms with E-state index >= 15 is 4.39 Å². The lowest BCUT2D eigenvalue weighted by Gasteiger charge is -2.31. The normalized spacial score (nSPS) is 24.1. The van der Waals surface area contributed by atoms with Gasteiger partial charge in [-0.05, 0) is 43.6 Å². The Balaban J connectivity index is 2.22. The fourth-order valence-electron chi connectivity index (χ4n) is 3.83. The quantitative estimate of drug-likeness (QED) is 0.143. The third kappa shape index (κ3) is 11.2. The first-order valence-corrected chi connectivity index (χ1v) is 16.0. The van der Waals surface area contributed by atoms with Crippen LogP contribution in [-0.2, 0) is 32.9 Å². The summed E-state index contributed by atoms with van der Waals surface area (Å²) < 4.78 is 51.7. The molecular formula is C27H48FN6O9P. The van der Waals surface area contributed by atoms with Crippen molar-refractivity contribution in [2.75, 3.05) is 25.6 Å². The summed E-state index contributed by atoms with van der Waals surface area (Å²) in [5, 5.41) is 15.5. The molecule has 44 heavy (non-hydrogen) atoms. The molecule has 17 heteroatoms. The summed E-state index contributed by atoms with van der Waals surface area (Å²) in [7, 11) is -4.43. The molecule has 0 amide bonds. The van der Waals surface area contributed by atoms with Gasteiger partial charge in [-0.25, -0.2) is 19.4 Å². The molecule has 1 aromatic rings. The van der Waals surface area contributed by atoms with Crippen LogP contribution >= 0.6 is 7.67 Å². The molecule has 1 aliphatic heterocycles. The highest BCUT2D eigenvalue weighted by Crippen LogP contribution is 2.43. The summed E-state index contributed by atoms with van der Waals surface area (Å²) in [4.78, 5) is 41.1. The molecule has 252 valence electrons. The third-order valence-electron chi connectivity index (χ3n) is 6.62. The van der Waals surface area contributed by atoms with Gasteiger partial charge in [-0.15, -0.1) is 0 Å². The molecule has 2 heterocycles. The third-order valence-corrected chi connectivity index (χ3v) is 8.57. The highest BCUT2D eigenvalue weighted by Gasteiger charge is 2.55. The number of aliphatic hydroxyl groups is 1. The number of nitrogen functional groups attached to an aromatic ring is 1. The van der Waals surface area contributed by atoms with Crippen molar-refractivity contribution in [3.8, 4) is 0 Å². The number of hydrogen-bond donors (Lipinski definition) is 5. The summed E-state index contributed by atoms with van der Waals surface area (Å²) in [5.41, 5.74) is 8.04. The number of carbonyl (C=O) groups is 2. The lowest BCUT2D eigenvalue weighted by atomic mass is 9.93. The van der Waals surface area contributed by atoms with Crippen LogP contribution in [0.2, 0.25) is 0 Å². The summed E-state index contributed by atoms with van der Waals surface area (Å²) in [5.74, 6) is -1.61. The van der Waals surface area contributed by atoms with E-state index in [2.05, 4.69) is 15.2 Å². The van der Waals surface area contributed by atoms with Crippen molar-refractivity contribution in [2.45, 2.75) is 105 Å². The molecule has 0 bridgehead atoms. The number of anilines is 1. The average Bonchev–Trinajstić information content (AvgIpc) is 3.10. The maximum absolute atomic E-state index is 15.3. The first kappa shape index (κ1) is 37.7. The summed E-state index contributed by atoms with van der Waals surface area (Å²) in [6.07, 6.45) is -3.61. The van der Waals surface area contributed by atoms with Gasteiger partial charge in [-0.1, -0.05) is 41.5 Å². The first-order chi connectivity index (χ1) is 20.1. The fourth-order valence-corrected chi connectivity index (χ4v) is 5.67. The second-order valence-electron chi connectivity index (χ2n) is 13.4. The molecule has 0 spiro atoms.